The van der Waals surface area contributed by atoms with Gasteiger partial charge >= 0.3 is 6.09 Å². The summed E-state index contributed by atoms with van der Waals surface area (Å²) in [6.45, 7) is -0.318. The molecule has 0 radical (unpaired) electrons. The average molecular weight is 336 g/mol. The number of ether oxygens (including phenoxy) is 1. The highest BCUT2D eigenvalue weighted by Crippen LogP contribution is 2.33. The molecule has 2 aliphatic heterocycles. The van der Waals surface area contributed by atoms with Crippen molar-refractivity contribution in [3.63, 3.8) is 0 Å². The molecule has 1 unspecified atom stereocenters. The zero-order valence-electron chi connectivity index (χ0n) is 12.6. The summed E-state index contributed by atoms with van der Waals surface area (Å²) in [6, 6.07) is 3.14. The molecule has 0 aliphatic carbocycles. The molecule has 1 atom stereocenters. The van der Waals surface area contributed by atoms with Gasteiger partial charge in [-0.25, -0.2) is 9.78 Å². The van der Waals surface area contributed by atoms with Gasteiger partial charge in [0.05, 0.1) is 18.5 Å². The highest BCUT2D eigenvalue weighted by Gasteiger charge is 2.45. The highest BCUT2D eigenvalue weighted by atomic mass is 16.5. The van der Waals surface area contributed by atoms with Crippen molar-refractivity contribution in [2.24, 2.45) is 0 Å². The Morgan fingerprint density at radius 1 is 1.46 bits per heavy atom. The van der Waals surface area contributed by atoms with Crippen LogP contribution in [0.2, 0.25) is 0 Å². The van der Waals surface area contributed by atoms with Gasteiger partial charge in [0.25, 0.3) is 5.91 Å². The van der Waals surface area contributed by atoms with Gasteiger partial charge in [0, 0.05) is 6.61 Å². The lowest BCUT2D eigenvalue weighted by Crippen LogP contribution is -2.50. The lowest BCUT2D eigenvalue weighted by atomic mass is 9.94. The fourth-order valence-electron chi connectivity index (χ4n) is 2.90. The van der Waals surface area contributed by atoms with E-state index in [4.69, 9.17) is 9.84 Å². The second-order valence-corrected chi connectivity index (χ2v) is 5.69. The molecule has 2 aliphatic rings. The first kappa shape index (κ1) is 16.0. The van der Waals surface area contributed by atoms with Crippen LogP contribution in [0.5, 0.6) is 5.75 Å². The lowest BCUT2D eigenvalue weighted by Gasteiger charge is -2.28. The topological polar surface area (TPSA) is 141 Å². The summed E-state index contributed by atoms with van der Waals surface area (Å²) in [6.07, 6.45) is -1.24. The van der Waals surface area contributed by atoms with Crippen LogP contribution >= 0.6 is 0 Å². The minimum absolute atomic E-state index is 0.0410. The third kappa shape index (κ3) is 2.95. The van der Waals surface area contributed by atoms with Gasteiger partial charge in [-0.3, -0.25) is 14.5 Å². The van der Waals surface area contributed by atoms with Crippen molar-refractivity contribution in [2.45, 2.75) is 18.4 Å². The number of nitrogens with one attached hydrogen (secondary N) is 2. The number of nitrogens with zero attached hydrogens (tertiary/aromatic N) is 2. The molecule has 0 aromatic carbocycles. The number of hydrogen-bond acceptors (Lipinski definition) is 6. The molecule has 3 heterocycles. The number of carboxylic acid groups (broad SMARTS) is 1. The van der Waals surface area contributed by atoms with E-state index in [0.29, 0.717) is 5.75 Å². The first-order chi connectivity index (χ1) is 11.4. The van der Waals surface area contributed by atoms with Gasteiger partial charge in [-0.05, 0) is 18.6 Å². The van der Waals surface area contributed by atoms with E-state index in [1.165, 1.54) is 4.90 Å². The Morgan fingerprint density at radius 2 is 2.25 bits per heavy atom. The monoisotopic (exact) mass is 336 g/mol. The summed E-state index contributed by atoms with van der Waals surface area (Å²) in [5.41, 5.74) is -1.07. The van der Waals surface area contributed by atoms with Crippen LogP contribution in [0.3, 0.4) is 0 Å². The molecule has 3 rings (SSSR count). The van der Waals surface area contributed by atoms with Crippen LogP contribution in [-0.4, -0.2) is 58.4 Å². The Bertz CT molecular complexity index is 709. The maximum absolute atomic E-state index is 12.3. The first-order valence-electron chi connectivity index (χ1n) is 7.28. The first-order valence-corrected chi connectivity index (χ1v) is 7.28. The molecule has 4 N–H and O–H groups in total. The summed E-state index contributed by atoms with van der Waals surface area (Å²) in [7, 11) is 0. The number of anilines is 2. The van der Waals surface area contributed by atoms with E-state index in [-0.39, 0.29) is 56.1 Å². The number of carbonyl (C=O) groups is 3. The van der Waals surface area contributed by atoms with Crippen molar-refractivity contribution in [3.8, 4) is 5.75 Å². The number of aromatic nitrogens is 1. The van der Waals surface area contributed by atoms with Gasteiger partial charge < -0.3 is 25.6 Å². The van der Waals surface area contributed by atoms with Gasteiger partial charge in [-0.1, -0.05) is 0 Å². The molecule has 0 spiro atoms. The van der Waals surface area contributed by atoms with Gasteiger partial charge in [-0.2, -0.15) is 0 Å². The Kier molecular flexibility index (Phi) is 3.97. The second-order valence-electron chi connectivity index (χ2n) is 5.69. The number of aliphatic hydroxyl groups is 1. The number of pyridine rings is 1. The van der Waals surface area contributed by atoms with Gasteiger partial charge in [0.1, 0.15) is 5.82 Å². The fourth-order valence-corrected chi connectivity index (χ4v) is 2.90. The van der Waals surface area contributed by atoms with Crippen molar-refractivity contribution in [2.75, 3.05) is 30.0 Å². The highest BCUT2D eigenvalue weighted by molar-refractivity contribution is 5.98. The summed E-state index contributed by atoms with van der Waals surface area (Å²) >= 11 is 0. The normalized spacial score (nSPS) is 22.6. The Labute approximate surface area is 136 Å². The Balaban J connectivity index is 1.87. The van der Waals surface area contributed by atoms with Crippen LogP contribution in [0.4, 0.5) is 16.4 Å². The number of amides is 3. The minimum Gasteiger partial charge on any atom is -0.480 e. The summed E-state index contributed by atoms with van der Waals surface area (Å²) < 4.78 is 5.21. The van der Waals surface area contributed by atoms with Crippen LogP contribution in [-0.2, 0) is 9.59 Å². The van der Waals surface area contributed by atoms with Crippen LogP contribution in [0.25, 0.3) is 0 Å². The largest absolute Gasteiger partial charge is 0.480 e. The zero-order chi connectivity index (χ0) is 17.3. The molecular weight excluding hydrogens is 320 g/mol. The van der Waals surface area contributed by atoms with E-state index in [1.54, 1.807) is 12.1 Å². The number of carbonyl (C=O) groups excluding carboxylic acids is 2. The number of hydrogen-bond donors (Lipinski definition) is 4. The van der Waals surface area contributed by atoms with Gasteiger partial charge in [0.2, 0.25) is 5.91 Å². The summed E-state index contributed by atoms with van der Waals surface area (Å²) in [5.74, 6) is 0.212. The quantitative estimate of drug-likeness (QED) is 0.583. The number of aliphatic hydroxyl groups excluding tert-OH is 1. The molecular formula is C14H16N4O6. The van der Waals surface area contributed by atoms with Crippen LogP contribution < -0.4 is 20.3 Å². The SMILES string of the molecule is O=C(O)NC1(CCO)CC(=O)N(c2ccc3c(n2)NC(=O)CO3)C1. The third-order valence-electron chi connectivity index (χ3n) is 3.95. The van der Waals surface area contributed by atoms with Crippen molar-refractivity contribution in [3.05, 3.63) is 12.1 Å². The zero-order valence-corrected chi connectivity index (χ0v) is 12.6. The molecule has 0 bridgehead atoms. The molecule has 3 amide bonds. The average Bonchev–Trinajstić information content (AvgIpc) is 2.82. The third-order valence-corrected chi connectivity index (χ3v) is 3.95. The smallest absolute Gasteiger partial charge is 0.405 e. The van der Waals surface area contributed by atoms with E-state index >= 15 is 0 Å². The van der Waals surface area contributed by atoms with Crippen LogP contribution in [0.1, 0.15) is 12.8 Å². The van der Waals surface area contributed by atoms with Crippen LogP contribution in [0, 0.1) is 0 Å². The van der Waals surface area contributed by atoms with Crippen molar-refractivity contribution in [1.82, 2.24) is 10.3 Å². The summed E-state index contributed by atoms with van der Waals surface area (Å²) in [5, 5.41) is 23.1. The Morgan fingerprint density at radius 3 is 2.96 bits per heavy atom. The molecule has 24 heavy (non-hydrogen) atoms. The van der Waals surface area contributed by atoms with Crippen LogP contribution in [0.15, 0.2) is 12.1 Å². The molecule has 10 heteroatoms. The number of rotatable bonds is 4. The van der Waals surface area contributed by atoms with E-state index < -0.39 is 11.6 Å². The maximum atomic E-state index is 12.3. The fraction of sp³-hybridized carbons (Fsp3) is 0.429. The maximum Gasteiger partial charge on any atom is 0.405 e. The van der Waals surface area contributed by atoms with E-state index in [0.717, 1.165) is 0 Å². The predicted octanol–water partition coefficient (Wildman–Crippen LogP) is -0.462. The van der Waals surface area contributed by atoms with Gasteiger partial charge in [0.15, 0.2) is 18.2 Å². The van der Waals surface area contributed by atoms with E-state index in [9.17, 15) is 19.5 Å². The minimum atomic E-state index is -1.27. The van der Waals surface area contributed by atoms with Crippen molar-refractivity contribution in [1.29, 1.82) is 0 Å². The molecule has 1 aromatic heterocycles. The molecule has 10 nitrogen and oxygen atoms in total. The van der Waals surface area contributed by atoms with Crippen molar-refractivity contribution < 1.29 is 29.3 Å². The molecule has 1 aromatic rings. The number of fused-ring (bicyclic) bond motifs is 1. The molecule has 1 fully saturated rings. The predicted molar refractivity (Wildman–Crippen MR) is 80.9 cm³/mol. The molecule has 0 saturated carbocycles. The second kappa shape index (κ2) is 5.96. The van der Waals surface area contributed by atoms with Gasteiger partial charge in [-0.15, -0.1) is 0 Å². The lowest BCUT2D eigenvalue weighted by molar-refractivity contribution is -0.119. The van der Waals surface area contributed by atoms with Crippen molar-refractivity contribution >= 4 is 29.5 Å². The molecule has 128 valence electrons. The van der Waals surface area contributed by atoms with E-state index in [2.05, 4.69) is 15.6 Å². The van der Waals surface area contributed by atoms with E-state index in [1.807, 2.05) is 0 Å². The Hall–Kier alpha value is -2.88. The molecule has 1 saturated heterocycles. The summed E-state index contributed by atoms with van der Waals surface area (Å²) in [4.78, 5) is 40.3. The standard InChI is InChI=1S/C14H16N4O6/c19-4-3-14(17-13(22)23)5-11(21)18(7-14)9-2-1-8-12(15-9)16-10(20)6-24-8/h1-2,17,19H,3-7H2,(H,22,23)(H,15,16,20).